The maximum Gasteiger partial charge on any atom is 0.414 e. The molecule has 0 spiro atoms. The van der Waals surface area contributed by atoms with Gasteiger partial charge in [-0.15, -0.1) is 0 Å². The number of nitrogens with zero attached hydrogens (tertiary/aromatic N) is 2. The number of nitrogens with two attached hydrogens (primary N) is 1. The van der Waals surface area contributed by atoms with Crippen LogP contribution in [0, 0.1) is 5.41 Å². The van der Waals surface area contributed by atoms with Crippen LogP contribution in [0.25, 0.3) is 0 Å². The number of carbonyl (C=O) groups excluding carboxylic acids is 2. The second kappa shape index (κ2) is 8.23. The summed E-state index contributed by atoms with van der Waals surface area (Å²) >= 11 is 0. The molecule has 164 valence electrons. The molecule has 7 nitrogen and oxygen atoms in total. The zero-order chi connectivity index (χ0) is 22.2. The van der Waals surface area contributed by atoms with Gasteiger partial charge in [-0.3, -0.25) is 9.80 Å². The van der Waals surface area contributed by atoms with Crippen molar-refractivity contribution in [1.29, 1.82) is 0 Å². The first-order chi connectivity index (χ1) is 14.8. The van der Waals surface area contributed by atoms with Gasteiger partial charge >= 0.3 is 12.2 Å². The van der Waals surface area contributed by atoms with Crippen LogP contribution in [0.3, 0.4) is 0 Å². The second-order valence-corrected chi connectivity index (χ2v) is 9.16. The van der Waals surface area contributed by atoms with Crippen LogP contribution >= 0.6 is 0 Å². The maximum absolute atomic E-state index is 13.1. The highest BCUT2D eigenvalue weighted by atomic mass is 16.6. The molecule has 0 radical (unpaired) electrons. The molecule has 31 heavy (non-hydrogen) atoms. The zero-order valence-electron chi connectivity index (χ0n) is 18.2. The number of rotatable bonds is 4. The molecular weight excluding hydrogens is 394 g/mol. The first kappa shape index (κ1) is 21.2. The molecule has 2 aliphatic rings. The Hall–Kier alpha value is -3.06. The van der Waals surface area contributed by atoms with E-state index in [0.29, 0.717) is 19.5 Å². The molecule has 2 aromatic carbocycles. The fourth-order valence-corrected chi connectivity index (χ4v) is 4.17. The summed E-state index contributed by atoms with van der Waals surface area (Å²) in [4.78, 5) is 28.7. The Morgan fingerprint density at radius 2 is 1.94 bits per heavy atom. The lowest BCUT2D eigenvalue weighted by molar-refractivity contribution is 0.139. The van der Waals surface area contributed by atoms with E-state index in [2.05, 4.69) is 20.8 Å². The highest BCUT2D eigenvalue weighted by Crippen LogP contribution is 2.42. The smallest absolute Gasteiger partial charge is 0.414 e. The average Bonchev–Trinajstić information content (AvgIpc) is 3.32. The van der Waals surface area contributed by atoms with E-state index >= 15 is 0 Å². The van der Waals surface area contributed by atoms with E-state index in [4.69, 9.17) is 15.2 Å². The van der Waals surface area contributed by atoms with Crippen LogP contribution in [0.1, 0.15) is 31.9 Å². The second-order valence-electron chi connectivity index (χ2n) is 9.16. The molecule has 7 heteroatoms. The van der Waals surface area contributed by atoms with Gasteiger partial charge < -0.3 is 15.2 Å². The van der Waals surface area contributed by atoms with Gasteiger partial charge in [0.25, 0.3) is 0 Å². The molecule has 2 atom stereocenters. The summed E-state index contributed by atoms with van der Waals surface area (Å²) in [5.41, 5.74) is 9.04. The third kappa shape index (κ3) is 4.23. The van der Waals surface area contributed by atoms with E-state index < -0.39 is 0 Å². The van der Waals surface area contributed by atoms with E-state index in [9.17, 15) is 9.59 Å². The maximum atomic E-state index is 13.1. The van der Waals surface area contributed by atoms with Crippen LogP contribution in [0.5, 0.6) is 0 Å². The van der Waals surface area contributed by atoms with Crippen molar-refractivity contribution < 1.29 is 19.1 Å². The molecule has 2 amide bonds. The van der Waals surface area contributed by atoms with Gasteiger partial charge in [-0.2, -0.15) is 0 Å². The Labute approximate surface area is 182 Å². The number of benzene rings is 2. The Morgan fingerprint density at radius 1 is 1.19 bits per heavy atom. The molecule has 2 heterocycles. The lowest BCUT2D eigenvalue weighted by Gasteiger charge is -2.34. The lowest BCUT2D eigenvalue weighted by atomic mass is 9.84. The summed E-state index contributed by atoms with van der Waals surface area (Å²) in [6, 6.07) is 15.3. The summed E-state index contributed by atoms with van der Waals surface area (Å²) in [5.74, 6) is 0. The van der Waals surface area contributed by atoms with Gasteiger partial charge in [-0.25, -0.2) is 9.59 Å². The number of amides is 2. The predicted molar refractivity (Wildman–Crippen MR) is 119 cm³/mol. The fourth-order valence-electron chi connectivity index (χ4n) is 4.17. The van der Waals surface area contributed by atoms with Gasteiger partial charge in [0.2, 0.25) is 0 Å². The van der Waals surface area contributed by atoms with Crippen LogP contribution in [0.2, 0.25) is 0 Å². The molecule has 1 unspecified atom stereocenters. The Kier molecular flexibility index (Phi) is 5.62. The predicted octanol–water partition coefficient (Wildman–Crippen LogP) is 4.08. The molecule has 0 aliphatic carbocycles. The SMILES string of the molecule is CC(C)(C)C1Cc2cc(N3C[C@H](CN)OC3=O)ccc2N1C(=O)OCc1ccccc1. The minimum atomic E-state index is -0.389. The van der Waals surface area contributed by atoms with Gasteiger partial charge in [-0.1, -0.05) is 51.1 Å². The van der Waals surface area contributed by atoms with Gasteiger partial charge in [0.1, 0.15) is 12.7 Å². The van der Waals surface area contributed by atoms with Crippen LogP contribution in [-0.2, 0) is 22.5 Å². The average molecular weight is 424 g/mol. The van der Waals surface area contributed by atoms with Crippen LogP contribution in [0.4, 0.5) is 21.0 Å². The van der Waals surface area contributed by atoms with Crippen molar-refractivity contribution in [2.24, 2.45) is 11.1 Å². The van der Waals surface area contributed by atoms with Crippen molar-refractivity contribution in [3.05, 3.63) is 59.7 Å². The normalized spacial score (nSPS) is 20.6. The third-order valence-electron chi connectivity index (χ3n) is 5.90. The fraction of sp³-hybridized carbons (Fsp3) is 0.417. The largest absolute Gasteiger partial charge is 0.444 e. The molecule has 2 aliphatic heterocycles. The highest BCUT2D eigenvalue weighted by molar-refractivity contribution is 5.94. The first-order valence-electron chi connectivity index (χ1n) is 10.6. The van der Waals surface area contributed by atoms with Crippen molar-refractivity contribution in [3.8, 4) is 0 Å². The highest BCUT2D eigenvalue weighted by Gasteiger charge is 2.42. The number of hydrogen-bond acceptors (Lipinski definition) is 5. The Balaban J connectivity index is 1.58. The van der Waals surface area contributed by atoms with Crippen molar-refractivity contribution in [2.75, 3.05) is 22.9 Å². The summed E-state index contributed by atoms with van der Waals surface area (Å²) < 4.78 is 10.9. The molecular formula is C24H29N3O4. The van der Waals surface area contributed by atoms with Gasteiger partial charge in [0.15, 0.2) is 0 Å². The van der Waals surface area contributed by atoms with E-state index in [1.54, 1.807) is 9.80 Å². The minimum absolute atomic E-state index is 0.0525. The minimum Gasteiger partial charge on any atom is -0.444 e. The Bertz CT molecular complexity index is 971. The molecule has 4 rings (SSSR count). The lowest BCUT2D eigenvalue weighted by Crippen LogP contribution is -2.45. The van der Waals surface area contributed by atoms with E-state index in [1.165, 1.54) is 0 Å². The van der Waals surface area contributed by atoms with Gasteiger partial charge in [-0.05, 0) is 41.2 Å². The molecule has 0 aromatic heterocycles. The van der Waals surface area contributed by atoms with Gasteiger partial charge in [0.05, 0.1) is 12.2 Å². The molecule has 1 fully saturated rings. The number of anilines is 2. The number of ether oxygens (including phenoxy) is 2. The van der Waals surface area contributed by atoms with Crippen LogP contribution < -0.4 is 15.5 Å². The Morgan fingerprint density at radius 3 is 2.58 bits per heavy atom. The molecule has 0 bridgehead atoms. The van der Waals surface area contributed by atoms with E-state index in [0.717, 1.165) is 22.5 Å². The van der Waals surface area contributed by atoms with Crippen molar-refractivity contribution in [1.82, 2.24) is 0 Å². The summed E-state index contributed by atoms with van der Waals surface area (Å²) in [6.07, 6.45) is -0.359. The quantitative estimate of drug-likeness (QED) is 0.801. The summed E-state index contributed by atoms with van der Waals surface area (Å²) in [5, 5.41) is 0. The molecule has 1 saturated heterocycles. The third-order valence-corrected chi connectivity index (χ3v) is 5.90. The van der Waals surface area contributed by atoms with Gasteiger partial charge in [0, 0.05) is 18.3 Å². The number of carbonyl (C=O) groups is 2. The number of fused-ring (bicyclic) bond motifs is 1. The first-order valence-corrected chi connectivity index (χ1v) is 10.6. The van der Waals surface area contributed by atoms with Crippen LogP contribution in [-0.4, -0.2) is 37.4 Å². The van der Waals surface area contributed by atoms with Crippen molar-refractivity contribution >= 4 is 23.6 Å². The molecule has 2 N–H and O–H groups in total. The zero-order valence-corrected chi connectivity index (χ0v) is 18.2. The van der Waals surface area contributed by atoms with Crippen molar-refractivity contribution in [3.63, 3.8) is 0 Å². The molecule has 2 aromatic rings. The van der Waals surface area contributed by atoms with Crippen molar-refractivity contribution in [2.45, 2.75) is 45.9 Å². The summed E-state index contributed by atoms with van der Waals surface area (Å²) in [6.45, 7) is 7.29. The van der Waals surface area contributed by atoms with E-state index in [1.807, 2.05) is 48.5 Å². The topological polar surface area (TPSA) is 85.1 Å². The number of cyclic esters (lactones) is 1. The standard InChI is InChI=1S/C24H29N3O4/c1-24(2,3)21-12-17-11-18(26-14-19(13-25)31-22(26)28)9-10-20(17)27(21)23(29)30-15-16-7-5-4-6-8-16/h4-11,19,21H,12-15,25H2,1-3H3/t19-,21?/m0/s1. The summed E-state index contributed by atoms with van der Waals surface area (Å²) in [7, 11) is 0. The van der Waals surface area contributed by atoms with E-state index in [-0.39, 0.29) is 36.4 Å². The number of hydrogen-bond donors (Lipinski definition) is 1. The van der Waals surface area contributed by atoms with Crippen LogP contribution in [0.15, 0.2) is 48.5 Å². The monoisotopic (exact) mass is 423 g/mol. The molecule has 0 saturated carbocycles.